The molecule has 2 aliphatic rings. The highest BCUT2D eigenvalue weighted by Crippen LogP contribution is 2.25. The Labute approximate surface area is 172 Å². The summed E-state index contributed by atoms with van der Waals surface area (Å²) in [6.07, 6.45) is 7.12. The van der Waals surface area contributed by atoms with Gasteiger partial charge in [0, 0.05) is 37.1 Å². The van der Waals surface area contributed by atoms with Gasteiger partial charge < -0.3 is 15.5 Å². The van der Waals surface area contributed by atoms with Gasteiger partial charge in [-0.15, -0.1) is 24.0 Å². The number of halogens is 1. The molecule has 1 atom stereocenters. The maximum absolute atomic E-state index is 4.76. The molecule has 0 aliphatic carbocycles. The zero-order valence-electron chi connectivity index (χ0n) is 14.9. The van der Waals surface area contributed by atoms with E-state index in [1.54, 1.807) is 0 Å². The monoisotopic (exact) mass is 472 g/mol. The summed E-state index contributed by atoms with van der Waals surface area (Å²) in [6, 6.07) is 8.73. The van der Waals surface area contributed by atoms with Crippen molar-refractivity contribution in [3.05, 3.63) is 42.0 Å². The Morgan fingerprint density at radius 2 is 2.12 bits per heavy atom. The Balaban J connectivity index is 0.00000225. The molecule has 0 bridgehead atoms. The van der Waals surface area contributed by atoms with Crippen LogP contribution in [0.1, 0.15) is 25.3 Å². The van der Waals surface area contributed by atoms with Crippen LogP contribution in [0.2, 0.25) is 0 Å². The quantitative estimate of drug-likeness (QED) is 0.287. The van der Waals surface area contributed by atoms with Crippen molar-refractivity contribution in [2.45, 2.75) is 31.6 Å². The van der Waals surface area contributed by atoms with Crippen molar-refractivity contribution in [3.63, 3.8) is 0 Å². The van der Waals surface area contributed by atoms with E-state index < -0.39 is 0 Å². The lowest BCUT2D eigenvalue weighted by Crippen LogP contribution is -2.40. The third-order valence-corrected chi connectivity index (χ3v) is 5.78. The van der Waals surface area contributed by atoms with Crippen LogP contribution in [0.3, 0.4) is 0 Å². The molecule has 0 aromatic heterocycles. The summed E-state index contributed by atoms with van der Waals surface area (Å²) in [4.78, 5) is 7.13. The lowest BCUT2D eigenvalue weighted by molar-refractivity contribution is 0.727. The summed E-state index contributed by atoms with van der Waals surface area (Å²) in [5.41, 5.74) is 2.54. The van der Waals surface area contributed by atoms with Crippen LogP contribution in [-0.4, -0.2) is 43.1 Å². The Morgan fingerprint density at radius 1 is 1.28 bits per heavy atom. The molecule has 4 nitrogen and oxygen atoms in total. The summed E-state index contributed by atoms with van der Waals surface area (Å²) in [6.45, 7) is 6.75. The van der Waals surface area contributed by atoms with E-state index in [1.807, 2.05) is 0 Å². The minimum atomic E-state index is 0. The van der Waals surface area contributed by atoms with Crippen molar-refractivity contribution in [1.29, 1.82) is 0 Å². The lowest BCUT2D eigenvalue weighted by Gasteiger charge is -2.18. The summed E-state index contributed by atoms with van der Waals surface area (Å²) >= 11 is 2.08. The molecule has 0 spiro atoms. The average Bonchev–Trinajstić information content (AvgIpc) is 3.31. The highest BCUT2D eigenvalue weighted by molar-refractivity contribution is 14.0. The van der Waals surface area contributed by atoms with Gasteiger partial charge in [-0.2, -0.15) is 11.8 Å². The number of nitrogens with one attached hydrogen (secondary N) is 2. The summed E-state index contributed by atoms with van der Waals surface area (Å²) in [5, 5.41) is 7.59. The number of guanidine groups is 1. The zero-order valence-corrected chi connectivity index (χ0v) is 18.1. The second kappa shape index (κ2) is 11.0. The second-order valence-corrected chi connectivity index (χ2v) is 7.67. The Hall–Kier alpha value is -0.890. The maximum Gasteiger partial charge on any atom is 0.191 e. The normalized spacial score (nSPS) is 19.8. The van der Waals surface area contributed by atoms with E-state index in [4.69, 9.17) is 4.99 Å². The van der Waals surface area contributed by atoms with Gasteiger partial charge in [-0.05, 0) is 43.2 Å². The number of nitrogens with zero attached hydrogens (tertiary/aromatic N) is 2. The first-order valence-corrected chi connectivity index (χ1v) is 10.0. The summed E-state index contributed by atoms with van der Waals surface area (Å²) < 4.78 is 0. The highest BCUT2D eigenvalue weighted by Gasteiger charge is 2.15. The van der Waals surface area contributed by atoms with E-state index in [0.29, 0.717) is 6.54 Å². The van der Waals surface area contributed by atoms with Gasteiger partial charge in [0.15, 0.2) is 5.96 Å². The van der Waals surface area contributed by atoms with Gasteiger partial charge in [-0.25, -0.2) is 4.99 Å². The SMILES string of the molecule is CCNC(=NCc1cccc(N2CC=CC2)c1)NCC1CCCS1.I. The van der Waals surface area contributed by atoms with Crippen molar-refractivity contribution in [2.75, 3.05) is 36.8 Å². The first-order chi connectivity index (χ1) is 11.8. The van der Waals surface area contributed by atoms with Gasteiger partial charge in [-0.1, -0.05) is 24.3 Å². The summed E-state index contributed by atoms with van der Waals surface area (Å²) in [7, 11) is 0. The van der Waals surface area contributed by atoms with Crippen LogP contribution < -0.4 is 15.5 Å². The van der Waals surface area contributed by atoms with Crippen LogP contribution >= 0.6 is 35.7 Å². The third-order valence-electron chi connectivity index (χ3n) is 4.38. The third kappa shape index (κ3) is 6.40. The van der Waals surface area contributed by atoms with Crippen molar-refractivity contribution < 1.29 is 0 Å². The number of thioether (sulfide) groups is 1. The van der Waals surface area contributed by atoms with Crippen molar-refractivity contribution in [2.24, 2.45) is 4.99 Å². The number of anilines is 1. The van der Waals surface area contributed by atoms with Gasteiger partial charge in [-0.3, -0.25) is 0 Å². The van der Waals surface area contributed by atoms with Crippen LogP contribution in [-0.2, 0) is 6.54 Å². The molecule has 2 heterocycles. The fourth-order valence-electron chi connectivity index (χ4n) is 3.07. The molecular formula is C19H29IN4S. The van der Waals surface area contributed by atoms with Crippen LogP contribution in [0, 0.1) is 0 Å². The topological polar surface area (TPSA) is 39.7 Å². The molecule has 3 rings (SSSR count). The van der Waals surface area contributed by atoms with E-state index in [1.165, 1.54) is 29.8 Å². The van der Waals surface area contributed by atoms with Crippen LogP contribution in [0.5, 0.6) is 0 Å². The minimum absolute atomic E-state index is 0. The molecular weight excluding hydrogens is 443 g/mol. The van der Waals surface area contributed by atoms with E-state index in [2.05, 4.69) is 70.6 Å². The Kier molecular flexibility index (Phi) is 8.95. The molecule has 2 N–H and O–H groups in total. The lowest BCUT2D eigenvalue weighted by atomic mass is 10.2. The maximum atomic E-state index is 4.76. The molecule has 1 aromatic rings. The van der Waals surface area contributed by atoms with Crippen LogP contribution in [0.4, 0.5) is 5.69 Å². The molecule has 0 saturated carbocycles. The number of rotatable bonds is 6. The largest absolute Gasteiger partial charge is 0.364 e. The van der Waals surface area contributed by atoms with E-state index >= 15 is 0 Å². The first kappa shape index (κ1) is 20.4. The molecule has 0 amide bonds. The average molecular weight is 472 g/mol. The Morgan fingerprint density at radius 3 is 2.84 bits per heavy atom. The number of benzene rings is 1. The molecule has 1 saturated heterocycles. The number of hydrogen-bond donors (Lipinski definition) is 2. The van der Waals surface area contributed by atoms with Gasteiger partial charge in [0.2, 0.25) is 0 Å². The number of aliphatic imine (C=N–C) groups is 1. The fourth-order valence-corrected chi connectivity index (χ4v) is 4.27. The smallest absolute Gasteiger partial charge is 0.191 e. The molecule has 1 fully saturated rings. The van der Waals surface area contributed by atoms with Gasteiger partial charge in [0.1, 0.15) is 0 Å². The predicted molar refractivity (Wildman–Crippen MR) is 122 cm³/mol. The van der Waals surface area contributed by atoms with E-state index in [-0.39, 0.29) is 24.0 Å². The second-order valence-electron chi connectivity index (χ2n) is 6.26. The van der Waals surface area contributed by atoms with Crippen molar-refractivity contribution in [1.82, 2.24) is 10.6 Å². The van der Waals surface area contributed by atoms with Crippen molar-refractivity contribution >= 4 is 47.4 Å². The number of hydrogen-bond acceptors (Lipinski definition) is 3. The molecule has 0 radical (unpaired) electrons. The van der Waals surface area contributed by atoms with Gasteiger partial charge in [0.25, 0.3) is 0 Å². The van der Waals surface area contributed by atoms with Crippen molar-refractivity contribution in [3.8, 4) is 0 Å². The molecule has 1 unspecified atom stereocenters. The molecule has 138 valence electrons. The summed E-state index contributed by atoms with van der Waals surface area (Å²) in [5.74, 6) is 2.23. The molecule has 25 heavy (non-hydrogen) atoms. The van der Waals surface area contributed by atoms with Crippen LogP contribution in [0.15, 0.2) is 41.4 Å². The first-order valence-electron chi connectivity index (χ1n) is 8.98. The van der Waals surface area contributed by atoms with Crippen LogP contribution in [0.25, 0.3) is 0 Å². The van der Waals surface area contributed by atoms with Gasteiger partial charge in [0.05, 0.1) is 6.54 Å². The van der Waals surface area contributed by atoms with E-state index in [9.17, 15) is 0 Å². The highest BCUT2D eigenvalue weighted by atomic mass is 127. The molecule has 2 aliphatic heterocycles. The fraction of sp³-hybridized carbons (Fsp3) is 0.526. The molecule has 1 aromatic carbocycles. The predicted octanol–water partition coefficient (Wildman–Crippen LogP) is 3.63. The van der Waals surface area contributed by atoms with E-state index in [0.717, 1.165) is 37.4 Å². The molecule has 6 heteroatoms. The zero-order chi connectivity index (χ0) is 16.6. The standard InChI is InChI=1S/C19H28N4S.HI/c1-2-20-19(22-15-18-9-6-12-24-18)21-14-16-7-5-8-17(13-16)23-10-3-4-11-23;/h3-5,7-8,13,18H,2,6,9-12,14-15H2,1H3,(H2,20,21,22);1H. The minimum Gasteiger partial charge on any atom is -0.364 e. The Bertz CT molecular complexity index is 577. The van der Waals surface area contributed by atoms with Gasteiger partial charge >= 0.3 is 0 Å².